The van der Waals surface area contributed by atoms with Crippen molar-refractivity contribution in [2.45, 2.75) is 70.4 Å². The molecule has 2 N–H and O–H groups in total. The molecule has 2 aromatic rings. The lowest BCUT2D eigenvalue weighted by Crippen LogP contribution is -2.50. The summed E-state index contributed by atoms with van der Waals surface area (Å²) in [6.45, 7) is 8.13. The summed E-state index contributed by atoms with van der Waals surface area (Å²) < 4.78 is 5.71. The van der Waals surface area contributed by atoms with Crippen LogP contribution in [0.2, 0.25) is 5.02 Å². The van der Waals surface area contributed by atoms with Crippen LogP contribution in [-0.4, -0.2) is 52.2 Å². The Balaban J connectivity index is 1.38. The van der Waals surface area contributed by atoms with E-state index in [2.05, 4.69) is 22.0 Å². The van der Waals surface area contributed by atoms with Gasteiger partial charge in [0.1, 0.15) is 11.4 Å². The fourth-order valence-corrected chi connectivity index (χ4v) is 6.02. The number of likely N-dealkylation sites (tertiary alicyclic amines) is 1. The molecule has 0 spiro atoms. The Hall–Kier alpha value is -2.54. The van der Waals surface area contributed by atoms with E-state index in [4.69, 9.17) is 27.1 Å². The highest BCUT2D eigenvalue weighted by molar-refractivity contribution is 6.30. The minimum absolute atomic E-state index is 0.137. The molecule has 1 aromatic carbocycles. The number of carbonyl (C=O) groups is 1. The van der Waals surface area contributed by atoms with Crippen molar-refractivity contribution in [1.82, 2.24) is 14.9 Å². The summed E-state index contributed by atoms with van der Waals surface area (Å²) >= 11 is 6.24. The number of halogens is 1. The summed E-state index contributed by atoms with van der Waals surface area (Å²) in [7, 11) is 0. The third-order valence-electron chi connectivity index (χ3n) is 7.30. The van der Waals surface area contributed by atoms with Gasteiger partial charge in [0.05, 0.1) is 11.7 Å². The number of hydrogen-bond acceptors (Lipinski definition) is 6. The molecule has 1 unspecified atom stereocenters. The van der Waals surface area contributed by atoms with E-state index in [-0.39, 0.29) is 12.1 Å². The van der Waals surface area contributed by atoms with Gasteiger partial charge in [-0.3, -0.25) is 0 Å². The number of benzene rings is 1. The molecule has 1 aromatic heterocycles. The first-order chi connectivity index (χ1) is 16.2. The summed E-state index contributed by atoms with van der Waals surface area (Å²) in [4.78, 5) is 26.5. The third-order valence-corrected chi connectivity index (χ3v) is 7.53. The van der Waals surface area contributed by atoms with E-state index in [1.54, 1.807) is 0 Å². The van der Waals surface area contributed by atoms with Crippen LogP contribution in [0.25, 0.3) is 0 Å². The first-order valence-corrected chi connectivity index (χ1v) is 12.7. The average Bonchev–Trinajstić information content (AvgIpc) is 3.21. The quantitative estimate of drug-likeness (QED) is 0.659. The van der Waals surface area contributed by atoms with Crippen LogP contribution >= 0.6 is 11.6 Å². The maximum absolute atomic E-state index is 12.9. The Labute approximate surface area is 206 Å². The molecule has 0 radical (unpaired) electrons. The molecule has 1 aliphatic carbocycles. The molecule has 2 aliphatic heterocycles. The monoisotopic (exact) mass is 483 g/mol. The minimum atomic E-state index is -0.498. The lowest BCUT2D eigenvalue weighted by molar-refractivity contribution is 0.00669. The maximum Gasteiger partial charge on any atom is 0.410 e. The van der Waals surface area contributed by atoms with Crippen molar-refractivity contribution in [3.63, 3.8) is 0 Å². The number of hydrogen-bond donors (Lipinski definition) is 1. The van der Waals surface area contributed by atoms with Gasteiger partial charge in [0.25, 0.3) is 0 Å². The van der Waals surface area contributed by atoms with Gasteiger partial charge in [-0.25, -0.2) is 9.78 Å². The Bertz CT molecular complexity index is 1090. The highest BCUT2D eigenvalue weighted by Crippen LogP contribution is 2.40. The number of carbonyl (C=O) groups excluding carboxylic acids is 1. The summed E-state index contributed by atoms with van der Waals surface area (Å²) in [5, 5.41) is 0.764. The molecule has 3 atom stereocenters. The Morgan fingerprint density at radius 3 is 2.79 bits per heavy atom. The first-order valence-electron chi connectivity index (χ1n) is 12.3. The van der Waals surface area contributed by atoms with Crippen LogP contribution in [0.4, 0.5) is 16.6 Å². The fourth-order valence-electron chi connectivity index (χ4n) is 5.82. The van der Waals surface area contributed by atoms with Crippen molar-refractivity contribution in [1.29, 1.82) is 0 Å². The normalized spacial score (nSPS) is 24.5. The highest BCUT2D eigenvalue weighted by atomic mass is 35.5. The predicted molar refractivity (Wildman–Crippen MR) is 134 cm³/mol. The van der Waals surface area contributed by atoms with E-state index in [0.29, 0.717) is 17.8 Å². The van der Waals surface area contributed by atoms with Crippen molar-refractivity contribution >= 4 is 29.5 Å². The fraction of sp³-hybridized carbons (Fsp3) is 0.577. The van der Waals surface area contributed by atoms with Crippen LogP contribution in [0.5, 0.6) is 0 Å². The summed E-state index contributed by atoms with van der Waals surface area (Å²) in [6.07, 6.45) is 4.67. The number of nitrogens with zero attached hydrogens (tertiary/aromatic N) is 4. The Morgan fingerprint density at radius 2 is 2.03 bits per heavy atom. The van der Waals surface area contributed by atoms with E-state index >= 15 is 0 Å². The van der Waals surface area contributed by atoms with E-state index in [0.717, 1.165) is 68.3 Å². The van der Waals surface area contributed by atoms with Gasteiger partial charge >= 0.3 is 6.09 Å². The van der Waals surface area contributed by atoms with Gasteiger partial charge in [-0.05, 0) is 82.4 Å². The van der Waals surface area contributed by atoms with Gasteiger partial charge in [-0.1, -0.05) is 23.7 Å². The number of aromatic nitrogens is 2. The minimum Gasteiger partial charge on any atom is -0.444 e. The highest BCUT2D eigenvalue weighted by Gasteiger charge is 2.43. The molecule has 0 bridgehead atoms. The van der Waals surface area contributed by atoms with Crippen LogP contribution in [0.1, 0.15) is 62.8 Å². The second kappa shape index (κ2) is 8.91. The molecule has 1 amide bonds. The number of nitrogen functional groups attached to an aromatic ring is 1. The van der Waals surface area contributed by atoms with E-state index in [9.17, 15) is 4.79 Å². The molecule has 3 heterocycles. The van der Waals surface area contributed by atoms with Crippen LogP contribution in [0.15, 0.2) is 24.3 Å². The van der Waals surface area contributed by atoms with Crippen LogP contribution in [0, 0.1) is 5.92 Å². The molecular weight excluding hydrogens is 450 g/mol. The zero-order chi connectivity index (χ0) is 24.0. The maximum atomic E-state index is 12.9. The zero-order valence-corrected chi connectivity index (χ0v) is 21.0. The summed E-state index contributed by atoms with van der Waals surface area (Å²) in [6, 6.07) is 8.25. The molecule has 8 heteroatoms. The van der Waals surface area contributed by atoms with Gasteiger partial charge < -0.3 is 20.3 Å². The smallest absolute Gasteiger partial charge is 0.410 e. The largest absolute Gasteiger partial charge is 0.444 e. The lowest BCUT2D eigenvalue weighted by atomic mass is 9.82. The van der Waals surface area contributed by atoms with Gasteiger partial charge in [-0.2, -0.15) is 4.98 Å². The Kier molecular flexibility index (Phi) is 6.09. The van der Waals surface area contributed by atoms with E-state index < -0.39 is 5.60 Å². The van der Waals surface area contributed by atoms with Crippen LogP contribution < -0.4 is 10.6 Å². The molecular formula is C26H34ClN5O2. The van der Waals surface area contributed by atoms with Gasteiger partial charge in [0, 0.05) is 30.2 Å². The van der Waals surface area contributed by atoms with Crippen LogP contribution in [0.3, 0.4) is 0 Å². The summed E-state index contributed by atoms with van der Waals surface area (Å²) in [5.41, 5.74) is 9.19. The molecule has 2 fully saturated rings. The molecule has 34 heavy (non-hydrogen) atoms. The Morgan fingerprint density at radius 1 is 1.21 bits per heavy atom. The van der Waals surface area contributed by atoms with Gasteiger partial charge in [0.15, 0.2) is 0 Å². The number of nitrogens with two attached hydrogens (primary N) is 1. The zero-order valence-electron chi connectivity index (χ0n) is 20.3. The van der Waals surface area contributed by atoms with E-state index in [1.807, 2.05) is 37.8 Å². The topological polar surface area (TPSA) is 84.6 Å². The number of anilines is 2. The molecule has 0 saturated carbocycles. The van der Waals surface area contributed by atoms with Crippen molar-refractivity contribution in [2.24, 2.45) is 5.92 Å². The SMILES string of the molecule is CC(C)(C)OC(=O)N1CCC[C@@H]2CN(c3nc(N)nc4c3CCC(c3cccc(Cl)c3)C4)C[C@@H]21. The second-order valence-corrected chi connectivity index (χ2v) is 11.3. The van der Waals surface area contributed by atoms with Crippen molar-refractivity contribution in [2.75, 3.05) is 30.3 Å². The second-order valence-electron chi connectivity index (χ2n) is 10.9. The number of fused-ring (bicyclic) bond motifs is 2. The van der Waals surface area contributed by atoms with Gasteiger partial charge in [-0.15, -0.1) is 0 Å². The van der Waals surface area contributed by atoms with Crippen molar-refractivity contribution < 1.29 is 9.53 Å². The standard InChI is InChI=1S/C26H34ClN5O2/c1-26(2,3)34-25(33)32-11-5-7-18-14-31(15-22(18)32)23-20-10-9-17(13-21(20)29-24(28)30-23)16-6-4-8-19(27)12-16/h4,6,8,12,17-18,22H,5,7,9-11,13-15H2,1-3H3,(H2,28,29,30)/t17?,18-,22+/m1/s1. The van der Waals surface area contributed by atoms with Crippen molar-refractivity contribution in [3.8, 4) is 0 Å². The number of piperidine rings is 1. The molecule has 2 saturated heterocycles. The van der Waals surface area contributed by atoms with E-state index in [1.165, 1.54) is 11.1 Å². The van der Waals surface area contributed by atoms with Crippen molar-refractivity contribution in [3.05, 3.63) is 46.1 Å². The number of amides is 1. The van der Waals surface area contributed by atoms with Gasteiger partial charge in [0.2, 0.25) is 5.95 Å². The molecule has 3 aliphatic rings. The first kappa shape index (κ1) is 23.2. The molecule has 182 valence electrons. The number of ether oxygens (including phenoxy) is 1. The third kappa shape index (κ3) is 4.67. The summed E-state index contributed by atoms with van der Waals surface area (Å²) in [5.74, 6) is 2.05. The molecule has 7 nitrogen and oxygen atoms in total. The average molecular weight is 484 g/mol. The number of rotatable bonds is 2. The predicted octanol–water partition coefficient (Wildman–Crippen LogP) is 4.82. The molecule has 5 rings (SSSR count). The lowest BCUT2D eigenvalue weighted by Gasteiger charge is -2.37. The van der Waals surface area contributed by atoms with Crippen LogP contribution in [-0.2, 0) is 17.6 Å².